The lowest BCUT2D eigenvalue weighted by Crippen LogP contribution is -2.33. The largest absolute Gasteiger partial charge is 0.303 e. The first-order valence-electron chi connectivity index (χ1n) is 7.02. The maximum Gasteiger partial charge on any atom is 0.00388 e. The molecule has 2 unspecified atom stereocenters. The Morgan fingerprint density at radius 3 is 1.94 bits per heavy atom. The molecule has 0 amide bonds. The number of fused-ring (bicyclic) bond motifs is 1. The van der Waals surface area contributed by atoms with E-state index in [1.165, 1.54) is 39.1 Å². The number of nitrogens with zero attached hydrogens (tertiary/aromatic N) is 2. The van der Waals surface area contributed by atoms with E-state index in [1.54, 1.807) is 0 Å². The lowest BCUT2D eigenvalue weighted by molar-refractivity contribution is 0.219. The Balaban J connectivity index is 1.75. The molecule has 0 aliphatic carbocycles. The molecule has 0 radical (unpaired) electrons. The second-order valence-corrected chi connectivity index (χ2v) is 6.51. The predicted octanol–water partition coefficient (Wildman–Crippen LogP) is 2.30. The average molecular weight is 224 g/mol. The maximum atomic E-state index is 2.70. The summed E-state index contributed by atoms with van der Waals surface area (Å²) in [7, 11) is 0. The molecule has 0 N–H and O–H groups in total. The Labute approximate surface area is 101 Å². The van der Waals surface area contributed by atoms with Crippen LogP contribution in [-0.4, -0.2) is 48.6 Å². The smallest absolute Gasteiger partial charge is 0.00388 e. The Bertz CT molecular complexity index is 211. The summed E-state index contributed by atoms with van der Waals surface area (Å²) in [5.74, 6) is 2.79. The van der Waals surface area contributed by atoms with Crippen LogP contribution in [0, 0.1) is 17.8 Å². The molecule has 0 aromatic heterocycles. The highest BCUT2D eigenvalue weighted by molar-refractivity contribution is 4.93. The van der Waals surface area contributed by atoms with Crippen LogP contribution in [-0.2, 0) is 0 Å². The predicted molar refractivity (Wildman–Crippen MR) is 69.6 cm³/mol. The molecular formula is C14H28N2. The van der Waals surface area contributed by atoms with Gasteiger partial charge in [-0.05, 0) is 44.6 Å². The first-order chi connectivity index (χ1) is 7.56. The fraction of sp³-hybridized carbons (Fsp3) is 1.00. The van der Waals surface area contributed by atoms with Crippen molar-refractivity contribution in [1.29, 1.82) is 0 Å². The third kappa shape index (κ3) is 2.78. The summed E-state index contributed by atoms with van der Waals surface area (Å²) < 4.78 is 0. The Hall–Kier alpha value is -0.0800. The zero-order valence-electron chi connectivity index (χ0n) is 11.4. The van der Waals surface area contributed by atoms with Crippen molar-refractivity contribution in [2.24, 2.45) is 17.8 Å². The number of likely N-dealkylation sites (tertiary alicyclic amines) is 2. The van der Waals surface area contributed by atoms with Crippen LogP contribution in [0.4, 0.5) is 0 Å². The fourth-order valence-electron chi connectivity index (χ4n) is 3.17. The van der Waals surface area contributed by atoms with E-state index >= 15 is 0 Å². The SMILES string of the molecule is CC(C)CCN1CC2CN(C(C)C)CC2C1. The summed E-state index contributed by atoms with van der Waals surface area (Å²) in [5.41, 5.74) is 0. The fourth-order valence-corrected chi connectivity index (χ4v) is 3.17. The van der Waals surface area contributed by atoms with Gasteiger partial charge in [0.25, 0.3) is 0 Å². The maximum absolute atomic E-state index is 2.70. The van der Waals surface area contributed by atoms with Gasteiger partial charge in [0.2, 0.25) is 0 Å². The molecule has 0 spiro atoms. The third-order valence-electron chi connectivity index (χ3n) is 4.34. The molecule has 2 fully saturated rings. The lowest BCUT2D eigenvalue weighted by Gasteiger charge is -2.24. The van der Waals surface area contributed by atoms with Crippen LogP contribution in [0.1, 0.15) is 34.1 Å². The molecule has 2 heterocycles. The standard InChI is InChI=1S/C14H28N2/c1-11(2)5-6-15-7-13-9-16(12(3)4)10-14(13)8-15/h11-14H,5-10H2,1-4H3. The van der Waals surface area contributed by atoms with Crippen molar-refractivity contribution in [2.75, 3.05) is 32.7 Å². The van der Waals surface area contributed by atoms with E-state index in [0.29, 0.717) is 0 Å². The van der Waals surface area contributed by atoms with Crippen molar-refractivity contribution in [3.05, 3.63) is 0 Å². The molecule has 2 aliphatic rings. The first-order valence-corrected chi connectivity index (χ1v) is 7.02. The van der Waals surface area contributed by atoms with Crippen molar-refractivity contribution in [3.63, 3.8) is 0 Å². The second kappa shape index (κ2) is 5.05. The summed E-state index contributed by atoms with van der Waals surface area (Å²) in [4.78, 5) is 5.36. The van der Waals surface area contributed by atoms with Crippen LogP contribution < -0.4 is 0 Å². The second-order valence-electron chi connectivity index (χ2n) is 6.51. The lowest BCUT2D eigenvalue weighted by atomic mass is 10.0. The molecule has 0 saturated carbocycles. The van der Waals surface area contributed by atoms with Gasteiger partial charge in [-0.25, -0.2) is 0 Å². The van der Waals surface area contributed by atoms with E-state index in [2.05, 4.69) is 37.5 Å². The number of rotatable bonds is 4. The molecule has 2 saturated heterocycles. The normalized spacial score (nSPS) is 31.9. The van der Waals surface area contributed by atoms with Crippen LogP contribution in [0.2, 0.25) is 0 Å². The molecule has 0 bridgehead atoms. The van der Waals surface area contributed by atoms with E-state index in [9.17, 15) is 0 Å². The summed E-state index contributed by atoms with van der Waals surface area (Å²) in [5, 5.41) is 0. The van der Waals surface area contributed by atoms with Crippen molar-refractivity contribution < 1.29 is 0 Å². The van der Waals surface area contributed by atoms with Crippen molar-refractivity contribution in [2.45, 2.75) is 40.2 Å². The van der Waals surface area contributed by atoms with E-state index in [-0.39, 0.29) is 0 Å². The summed E-state index contributed by atoms with van der Waals surface area (Å²) in [6, 6.07) is 0.745. The van der Waals surface area contributed by atoms with Gasteiger partial charge in [-0.1, -0.05) is 13.8 Å². The average Bonchev–Trinajstić information content (AvgIpc) is 2.70. The van der Waals surface area contributed by atoms with E-state index in [0.717, 1.165) is 23.8 Å². The van der Waals surface area contributed by atoms with Crippen LogP contribution in [0.15, 0.2) is 0 Å². The van der Waals surface area contributed by atoms with E-state index < -0.39 is 0 Å². The topological polar surface area (TPSA) is 6.48 Å². The van der Waals surface area contributed by atoms with Gasteiger partial charge in [0, 0.05) is 32.2 Å². The minimum absolute atomic E-state index is 0.745. The van der Waals surface area contributed by atoms with Crippen LogP contribution in [0.5, 0.6) is 0 Å². The number of hydrogen-bond donors (Lipinski definition) is 0. The third-order valence-corrected chi connectivity index (χ3v) is 4.34. The van der Waals surface area contributed by atoms with Gasteiger partial charge < -0.3 is 9.80 Å². The minimum atomic E-state index is 0.745. The highest BCUT2D eigenvalue weighted by Crippen LogP contribution is 2.32. The van der Waals surface area contributed by atoms with Gasteiger partial charge in [0.1, 0.15) is 0 Å². The minimum Gasteiger partial charge on any atom is -0.303 e. The summed E-state index contributed by atoms with van der Waals surface area (Å²) in [6.45, 7) is 16.1. The van der Waals surface area contributed by atoms with Gasteiger partial charge in [-0.3, -0.25) is 0 Å². The Morgan fingerprint density at radius 2 is 1.50 bits per heavy atom. The molecule has 2 atom stereocenters. The van der Waals surface area contributed by atoms with Gasteiger partial charge in [-0.15, -0.1) is 0 Å². The van der Waals surface area contributed by atoms with Gasteiger partial charge in [-0.2, -0.15) is 0 Å². The van der Waals surface area contributed by atoms with E-state index in [1.807, 2.05) is 0 Å². The quantitative estimate of drug-likeness (QED) is 0.723. The van der Waals surface area contributed by atoms with Crippen LogP contribution in [0.3, 0.4) is 0 Å². The molecule has 0 aromatic rings. The summed E-state index contributed by atoms with van der Waals surface area (Å²) in [6.07, 6.45) is 1.37. The van der Waals surface area contributed by atoms with Crippen LogP contribution >= 0.6 is 0 Å². The van der Waals surface area contributed by atoms with Gasteiger partial charge in [0.15, 0.2) is 0 Å². The van der Waals surface area contributed by atoms with E-state index in [4.69, 9.17) is 0 Å². The van der Waals surface area contributed by atoms with Gasteiger partial charge in [0.05, 0.1) is 0 Å². The molecule has 16 heavy (non-hydrogen) atoms. The molecule has 2 rings (SSSR count). The Morgan fingerprint density at radius 1 is 0.938 bits per heavy atom. The summed E-state index contributed by atoms with van der Waals surface area (Å²) >= 11 is 0. The zero-order valence-corrected chi connectivity index (χ0v) is 11.4. The van der Waals surface area contributed by atoms with Gasteiger partial charge >= 0.3 is 0 Å². The van der Waals surface area contributed by atoms with Crippen molar-refractivity contribution in [3.8, 4) is 0 Å². The molecular weight excluding hydrogens is 196 g/mol. The van der Waals surface area contributed by atoms with Crippen molar-refractivity contribution in [1.82, 2.24) is 9.80 Å². The highest BCUT2D eigenvalue weighted by atomic mass is 15.2. The molecule has 94 valence electrons. The first kappa shape index (κ1) is 12.4. The number of hydrogen-bond acceptors (Lipinski definition) is 2. The zero-order chi connectivity index (χ0) is 11.7. The molecule has 2 aliphatic heterocycles. The van der Waals surface area contributed by atoms with Crippen LogP contribution in [0.25, 0.3) is 0 Å². The Kier molecular flexibility index (Phi) is 3.91. The van der Waals surface area contributed by atoms with Crippen molar-refractivity contribution >= 4 is 0 Å². The monoisotopic (exact) mass is 224 g/mol. The highest BCUT2D eigenvalue weighted by Gasteiger charge is 2.40. The molecule has 0 aromatic carbocycles. The molecule has 2 heteroatoms. The molecule has 2 nitrogen and oxygen atoms in total.